The Kier molecular flexibility index (Phi) is 7.12. The van der Waals surface area contributed by atoms with Crippen molar-refractivity contribution in [2.75, 3.05) is 32.9 Å². The summed E-state index contributed by atoms with van der Waals surface area (Å²) in [5, 5.41) is 6.80. The fourth-order valence-electron chi connectivity index (χ4n) is 2.54. The zero-order valence-electron chi connectivity index (χ0n) is 16.3. The largest absolute Gasteiger partial charge is 0.493 e. The summed E-state index contributed by atoms with van der Waals surface area (Å²) in [6, 6.07) is 8.46. The maximum Gasteiger partial charge on any atom is 0.191 e. The van der Waals surface area contributed by atoms with Crippen molar-refractivity contribution in [3.63, 3.8) is 0 Å². The third-order valence-electron chi connectivity index (χ3n) is 4.18. The molecule has 2 N–H and O–H groups in total. The summed E-state index contributed by atoms with van der Waals surface area (Å²) < 4.78 is 11.1. The second-order valence-corrected chi connectivity index (χ2v) is 7.64. The number of benzene rings is 1. The van der Waals surface area contributed by atoms with Gasteiger partial charge in [-0.05, 0) is 37.5 Å². The highest BCUT2D eigenvalue weighted by molar-refractivity contribution is 5.80. The lowest BCUT2D eigenvalue weighted by atomic mass is 9.89. The molecule has 1 unspecified atom stereocenters. The van der Waals surface area contributed by atoms with Gasteiger partial charge < -0.3 is 20.1 Å². The second kappa shape index (κ2) is 9.09. The van der Waals surface area contributed by atoms with Crippen LogP contribution in [0.5, 0.6) is 5.75 Å². The van der Waals surface area contributed by atoms with Gasteiger partial charge in [0, 0.05) is 12.0 Å². The number of hydrogen-bond donors (Lipinski definition) is 2. The third kappa shape index (κ3) is 6.24. The van der Waals surface area contributed by atoms with Crippen LogP contribution in [0.3, 0.4) is 0 Å². The van der Waals surface area contributed by atoms with E-state index in [2.05, 4.69) is 57.4 Å². The van der Waals surface area contributed by atoms with Crippen LogP contribution in [0.25, 0.3) is 0 Å². The first-order chi connectivity index (χ1) is 11.9. The fraction of sp³-hybridized carbons (Fsp3) is 0.650. The van der Waals surface area contributed by atoms with Crippen molar-refractivity contribution in [3.05, 3.63) is 29.8 Å². The standard InChI is InChI=1S/C20H33N3O2/c1-6-21-19(22-12-20(5)13-24-14-20)23-16(4)17-7-9-18(10-8-17)25-11-15(2)3/h7-10,15-16H,6,11-14H2,1-5H3,(H2,21,22,23). The number of hydrogen-bond acceptors (Lipinski definition) is 3. The minimum absolute atomic E-state index is 0.169. The lowest BCUT2D eigenvalue weighted by molar-refractivity contribution is -0.0945. The molecule has 25 heavy (non-hydrogen) atoms. The van der Waals surface area contributed by atoms with E-state index in [1.807, 2.05) is 12.1 Å². The van der Waals surface area contributed by atoms with Crippen molar-refractivity contribution in [1.82, 2.24) is 10.6 Å². The molecule has 0 saturated carbocycles. The number of aliphatic imine (C=N–C) groups is 1. The van der Waals surface area contributed by atoms with Gasteiger partial charge in [-0.3, -0.25) is 4.99 Å². The minimum Gasteiger partial charge on any atom is -0.493 e. The molecule has 0 amide bonds. The molecule has 5 nitrogen and oxygen atoms in total. The zero-order valence-corrected chi connectivity index (χ0v) is 16.3. The van der Waals surface area contributed by atoms with Crippen LogP contribution in [0, 0.1) is 11.3 Å². The van der Waals surface area contributed by atoms with E-state index in [1.165, 1.54) is 5.56 Å². The van der Waals surface area contributed by atoms with Gasteiger partial charge >= 0.3 is 0 Å². The van der Waals surface area contributed by atoms with Gasteiger partial charge in [-0.2, -0.15) is 0 Å². The molecule has 2 rings (SSSR count). The summed E-state index contributed by atoms with van der Waals surface area (Å²) in [7, 11) is 0. The van der Waals surface area contributed by atoms with Crippen LogP contribution in [-0.4, -0.2) is 38.9 Å². The maximum absolute atomic E-state index is 5.75. The maximum atomic E-state index is 5.75. The summed E-state index contributed by atoms with van der Waals surface area (Å²) in [6.45, 7) is 14.7. The summed E-state index contributed by atoms with van der Waals surface area (Å²) in [6.07, 6.45) is 0. The van der Waals surface area contributed by atoms with Gasteiger partial charge in [0.1, 0.15) is 5.75 Å². The highest BCUT2D eigenvalue weighted by atomic mass is 16.5. The number of guanidine groups is 1. The van der Waals surface area contributed by atoms with Crippen molar-refractivity contribution in [2.24, 2.45) is 16.3 Å². The van der Waals surface area contributed by atoms with Crippen molar-refractivity contribution >= 4 is 5.96 Å². The Morgan fingerprint density at radius 2 is 1.92 bits per heavy atom. The van der Waals surface area contributed by atoms with Crippen LogP contribution in [0.2, 0.25) is 0 Å². The van der Waals surface area contributed by atoms with Crippen molar-refractivity contribution < 1.29 is 9.47 Å². The van der Waals surface area contributed by atoms with Crippen LogP contribution in [-0.2, 0) is 4.74 Å². The van der Waals surface area contributed by atoms with Crippen molar-refractivity contribution in [2.45, 2.75) is 40.7 Å². The van der Waals surface area contributed by atoms with Gasteiger partial charge in [-0.1, -0.05) is 32.9 Å². The van der Waals surface area contributed by atoms with E-state index in [4.69, 9.17) is 14.5 Å². The average Bonchev–Trinajstić information content (AvgIpc) is 2.56. The molecule has 1 aromatic carbocycles. The number of rotatable bonds is 8. The normalized spacial score (nSPS) is 17.8. The molecular formula is C20H33N3O2. The first-order valence-electron chi connectivity index (χ1n) is 9.27. The lowest BCUT2D eigenvalue weighted by Crippen LogP contribution is -2.44. The van der Waals surface area contributed by atoms with Gasteiger partial charge in [0.25, 0.3) is 0 Å². The first-order valence-corrected chi connectivity index (χ1v) is 9.27. The summed E-state index contributed by atoms with van der Waals surface area (Å²) in [5.41, 5.74) is 1.39. The molecule has 0 spiro atoms. The lowest BCUT2D eigenvalue weighted by Gasteiger charge is -2.36. The van der Waals surface area contributed by atoms with Gasteiger partial charge in [0.05, 0.1) is 32.4 Å². The van der Waals surface area contributed by atoms with Crippen molar-refractivity contribution in [1.29, 1.82) is 0 Å². The van der Waals surface area contributed by atoms with E-state index in [9.17, 15) is 0 Å². The SMILES string of the molecule is CCNC(=NCC1(C)COC1)NC(C)c1ccc(OCC(C)C)cc1. The molecule has 0 radical (unpaired) electrons. The van der Waals surface area contributed by atoms with E-state index in [0.717, 1.165) is 44.6 Å². The summed E-state index contributed by atoms with van der Waals surface area (Å²) in [4.78, 5) is 4.73. The highest BCUT2D eigenvalue weighted by Gasteiger charge is 2.33. The molecule has 1 aliphatic rings. The van der Waals surface area contributed by atoms with E-state index in [1.54, 1.807) is 0 Å². The Hall–Kier alpha value is -1.75. The molecule has 1 atom stereocenters. The first kappa shape index (κ1) is 19.6. The van der Waals surface area contributed by atoms with Gasteiger partial charge in [-0.15, -0.1) is 0 Å². The van der Waals surface area contributed by atoms with Crippen LogP contribution in [0.15, 0.2) is 29.3 Å². The quantitative estimate of drug-likeness (QED) is 0.559. The molecule has 1 heterocycles. The van der Waals surface area contributed by atoms with Crippen LogP contribution >= 0.6 is 0 Å². The van der Waals surface area contributed by atoms with Gasteiger partial charge in [0.15, 0.2) is 5.96 Å². The monoisotopic (exact) mass is 347 g/mol. The molecule has 1 saturated heterocycles. The molecule has 0 bridgehead atoms. The smallest absolute Gasteiger partial charge is 0.191 e. The topological polar surface area (TPSA) is 54.9 Å². The van der Waals surface area contributed by atoms with Gasteiger partial charge in [0.2, 0.25) is 0 Å². The predicted octanol–water partition coefficient (Wildman–Crippen LogP) is 3.37. The second-order valence-electron chi connectivity index (χ2n) is 7.64. The van der Waals surface area contributed by atoms with E-state index in [0.29, 0.717) is 5.92 Å². The van der Waals surface area contributed by atoms with Crippen LogP contribution < -0.4 is 15.4 Å². The van der Waals surface area contributed by atoms with Crippen LogP contribution in [0.1, 0.15) is 46.2 Å². The fourth-order valence-corrected chi connectivity index (χ4v) is 2.54. The molecular weight excluding hydrogens is 314 g/mol. The van der Waals surface area contributed by atoms with Crippen molar-refractivity contribution in [3.8, 4) is 5.75 Å². The zero-order chi connectivity index (χ0) is 18.3. The molecule has 1 fully saturated rings. The van der Waals surface area contributed by atoms with E-state index < -0.39 is 0 Å². The Balaban J connectivity index is 1.92. The minimum atomic E-state index is 0.169. The third-order valence-corrected chi connectivity index (χ3v) is 4.18. The number of ether oxygens (including phenoxy) is 2. The Labute approximate surface area is 152 Å². The number of nitrogens with zero attached hydrogens (tertiary/aromatic N) is 1. The Morgan fingerprint density at radius 3 is 2.44 bits per heavy atom. The predicted molar refractivity (Wildman–Crippen MR) is 103 cm³/mol. The average molecular weight is 348 g/mol. The molecule has 0 aromatic heterocycles. The summed E-state index contributed by atoms with van der Waals surface area (Å²) in [5.74, 6) is 2.30. The number of nitrogens with one attached hydrogen (secondary N) is 2. The highest BCUT2D eigenvalue weighted by Crippen LogP contribution is 2.26. The van der Waals surface area contributed by atoms with E-state index >= 15 is 0 Å². The van der Waals surface area contributed by atoms with E-state index in [-0.39, 0.29) is 11.5 Å². The van der Waals surface area contributed by atoms with Crippen LogP contribution in [0.4, 0.5) is 0 Å². The molecule has 140 valence electrons. The molecule has 1 aromatic rings. The molecule has 5 heteroatoms. The molecule has 0 aliphatic carbocycles. The summed E-state index contributed by atoms with van der Waals surface area (Å²) >= 11 is 0. The molecule has 1 aliphatic heterocycles. The van der Waals surface area contributed by atoms with Gasteiger partial charge in [-0.25, -0.2) is 0 Å². The Bertz CT molecular complexity index is 551. The Morgan fingerprint density at radius 1 is 1.24 bits per heavy atom.